The van der Waals surface area contributed by atoms with Gasteiger partial charge in [-0.2, -0.15) is 0 Å². The third-order valence-corrected chi connectivity index (χ3v) is 5.22. The summed E-state index contributed by atoms with van der Waals surface area (Å²) in [5.41, 5.74) is 1.64. The third kappa shape index (κ3) is 6.58. The largest absolute Gasteiger partial charge is 0.385 e. The van der Waals surface area contributed by atoms with Crippen LogP contribution in [0.5, 0.6) is 0 Å². The summed E-state index contributed by atoms with van der Waals surface area (Å²) >= 11 is 0. The number of hydrogen-bond acceptors (Lipinski definition) is 4. The van der Waals surface area contributed by atoms with Gasteiger partial charge in [0, 0.05) is 24.3 Å². The van der Waals surface area contributed by atoms with Crippen LogP contribution >= 0.6 is 0 Å². The highest BCUT2D eigenvalue weighted by molar-refractivity contribution is 7.90. The SMILES string of the molecule is CC(=O)c1cccc(NCCCCCNS(=O)(=O)C(C)C)c1. The summed E-state index contributed by atoms with van der Waals surface area (Å²) in [5.74, 6) is 0.0566. The van der Waals surface area contributed by atoms with Crippen LogP contribution in [-0.2, 0) is 10.0 Å². The van der Waals surface area contributed by atoms with Gasteiger partial charge in [-0.25, -0.2) is 13.1 Å². The van der Waals surface area contributed by atoms with E-state index in [1.165, 1.54) is 0 Å². The first-order chi connectivity index (χ1) is 10.3. The van der Waals surface area contributed by atoms with Crippen molar-refractivity contribution in [1.82, 2.24) is 4.72 Å². The number of unbranched alkanes of at least 4 members (excludes halogenated alkanes) is 2. The zero-order valence-corrected chi connectivity index (χ0v) is 14.4. The lowest BCUT2D eigenvalue weighted by Crippen LogP contribution is -2.31. The van der Waals surface area contributed by atoms with Gasteiger partial charge in [0.1, 0.15) is 0 Å². The predicted molar refractivity (Wildman–Crippen MR) is 90.8 cm³/mol. The van der Waals surface area contributed by atoms with Crippen molar-refractivity contribution in [2.24, 2.45) is 0 Å². The highest BCUT2D eigenvalue weighted by atomic mass is 32.2. The molecule has 22 heavy (non-hydrogen) atoms. The van der Waals surface area contributed by atoms with Gasteiger partial charge < -0.3 is 5.32 Å². The van der Waals surface area contributed by atoms with Crippen molar-refractivity contribution >= 4 is 21.5 Å². The maximum absolute atomic E-state index is 11.5. The summed E-state index contributed by atoms with van der Waals surface area (Å²) in [6.45, 7) is 6.18. The van der Waals surface area contributed by atoms with Crippen molar-refractivity contribution in [3.8, 4) is 0 Å². The fraction of sp³-hybridized carbons (Fsp3) is 0.562. The van der Waals surface area contributed by atoms with Crippen LogP contribution in [-0.4, -0.2) is 32.5 Å². The maximum Gasteiger partial charge on any atom is 0.213 e. The summed E-state index contributed by atoms with van der Waals surface area (Å²) in [6.07, 6.45) is 2.72. The van der Waals surface area contributed by atoms with Crippen LogP contribution < -0.4 is 10.0 Å². The highest BCUT2D eigenvalue weighted by Gasteiger charge is 2.13. The number of rotatable bonds is 10. The molecule has 0 aliphatic carbocycles. The number of sulfonamides is 1. The van der Waals surface area contributed by atoms with E-state index in [-0.39, 0.29) is 11.0 Å². The first kappa shape index (κ1) is 18.6. The number of anilines is 1. The lowest BCUT2D eigenvalue weighted by atomic mass is 10.1. The molecule has 0 saturated carbocycles. The molecule has 0 aromatic heterocycles. The van der Waals surface area contributed by atoms with Crippen molar-refractivity contribution < 1.29 is 13.2 Å². The van der Waals surface area contributed by atoms with Crippen LogP contribution in [0.15, 0.2) is 24.3 Å². The van der Waals surface area contributed by atoms with Gasteiger partial charge in [0.25, 0.3) is 0 Å². The molecule has 0 aliphatic rings. The first-order valence-electron chi connectivity index (χ1n) is 7.66. The van der Waals surface area contributed by atoms with E-state index in [0.717, 1.165) is 31.5 Å². The van der Waals surface area contributed by atoms with Gasteiger partial charge in [0.15, 0.2) is 5.78 Å². The van der Waals surface area contributed by atoms with Gasteiger partial charge in [-0.05, 0) is 45.7 Å². The molecule has 0 heterocycles. The van der Waals surface area contributed by atoms with Crippen LogP contribution in [0, 0.1) is 0 Å². The normalized spacial score (nSPS) is 11.6. The molecule has 0 spiro atoms. The summed E-state index contributed by atoms with van der Waals surface area (Å²) in [4.78, 5) is 11.3. The maximum atomic E-state index is 11.5. The molecule has 5 nitrogen and oxygen atoms in total. The van der Waals surface area contributed by atoms with Crippen LogP contribution in [0.3, 0.4) is 0 Å². The van der Waals surface area contributed by atoms with Crippen molar-refractivity contribution in [3.63, 3.8) is 0 Å². The molecule has 1 aromatic carbocycles. The van der Waals surface area contributed by atoms with Crippen LogP contribution in [0.25, 0.3) is 0 Å². The Bertz CT molecular complexity index is 583. The number of hydrogen-bond donors (Lipinski definition) is 2. The predicted octanol–water partition coefficient (Wildman–Crippen LogP) is 2.80. The Morgan fingerprint density at radius 3 is 2.45 bits per heavy atom. The van der Waals surface area contributed by atoms with Crippen LogP contribution in [0.4, 0.5) is 5.69 Å². The fourth-order valence-electron chi connectivity index (χ4n) is 1.89. The molecule has 0 unspecified atom stereocenters. The van der Waals surface area contributed by atoms with Crippen LogP contribution in [0.2, 0.25) is 0 Å². The van der Waals surface area contributed by atoms with Gasteiger partial charge in [-0.1, -0.05) is 18.6 Å². The summed E-state index contributed by atoms with van der Waals surface area (Å²) in [5, 5.41) is 2.89. The first-order valence-corrected chi connectivity index (χ1v) is 9.21. The Balaban J connectivity index is 2.19. The number of nitrogens with one attached hydrogen (secondary N) is 2. The monoisotopic (exact) mass is 326 g/mol. The molecule has 0 bridgehead atoms. The second-order valence-electron chi connectivity index (χ2n) is 5.61. The van der Waals surface area contributed by atoms with E-state index < -0.39 is 10.0 Å². The molecular formula is C16H26N2O3S. The number of benzene rings is 1. The molecule has 0 radical (unpaired) electrons. The highest BCUT2D eigenvalue weighted by Crippen LogP contribution is 2.11. The number of ketones is 1. The summed E-state index contributed by atoms with van der Waals surface area (Å²) < 4.78 is 25.7. The standard InChI is InChI=1S/C16H26N2O3S/c1-13(2)22(20,21)18-11-6-4-5-10-17-16-9-7-8-15(12-16)14(3)19/h7-9,12-13,17-18H,4-6,10-11H2,1-3H3. The molecule has 0 amide bonds. The van der Waals surface area contributed by atoms with E-state index in [1.54, 1.807) is 26.8 Å². The van der Waals surface area contributed by atoms with Crippen molar-refractivity contribution in [2.45, 2.75) is 45.3 Å². The molecular weight excluding hydrogens is 300 g/mol. The molecule has 0 saturated heterocycles. The molecule has 6 heteroatoms. The van der Waals surface area contributed by atoms with E-state index in [2.05, 4.69) is 10.0 Å². The number of carbonyl (C=O) groups excluding carboxylic acids is 1. The van der Waals surface area contributed by atoms with Crippen molar-refractivity contribution in [1.29, 1.82) is 0 Å². The zero-order valence-electron chi connectivity index (χ0n) is 13.6. The third-order valence-electron chi connectivity index (χ3n) is 3.38. The minimum Gasteiger partial charge on any atom is -0.385 e. The van der Waals surface area contributed by atoms with Crippen molar-refractivity contribution in [2.75, 3.05) is 18.4 Å². The average molecular weight is 326 g/mol. The smallest absolute Gasteiger partial charge is 0.213 e. The van der Waals surface area contributed by atoms with E-state index >= 15 is 0 Å². The van der Waals surface area contributed by atoms with Crippen LogP contribution in [0.1, 0.15) is 50.4 Å². The molecule has 0 aliphatic heterocycles. The van der Waals surface area contributed by atoms with Gasteiger partial charge in [0.2, 0.25) is 10.0 Å². The van der Waals surface area contributed by atoms with Gasteiger partial charge in [-0.3, -0.25) is 4.79 Å². The average Bonchev–Trinajstić information content (AvgIpc) is 2.46. The molecule has 124 valence electrons. The molecule has 0 atom stereocenters. The lowest BCUT2D eigenvalue weighted by molar-refractivity contribution is 0.101. The van der Waals surface area contributed by atoms with Gasteiger partial charge in [-0.15, -0.1) is 0 Å². The Morgan fingerprint density at radius 1 is 1.14 bits per heavy atom. The Morgan fingerprint density at radius 2 is 1.82 bits per heavy atom. The second-order valence-corrected chi connectivity index (χ2v) is 7.93. The Kier molecular flexibility index (Phi) is 7.55. The number of Topliss-reactive ketones (excluding diaryl/α,β-unsaturated/α-hetero) is 1. The van der Waals surface area contributed by atoms with Gasteiger partial charge >= 0.3 is 0 Å². The second kappa shape index (κ2) is 8.90. The topological polar surface area (TPSA) is 75.3 Å². The van der Waals surface area contributed by atoms with E-state index in [0.29, 0.717) is 12.1 Å². The quantitative estimate of drug-likeness (QED) is 0.512. The molecule has 0 fully saturated rings. The Labute approximate surface area is 133 Å². The summed E-state index contributed by atoms with van der Waals surface area (Å²) in [6, 6.07) is 7.44. The zero-order chi connectivity index (χ0) is 16.6. The minimum absolute atomic E-state index is 0.0566. The molecule has 2 N–H and O–H groups in total. The minimum atomic E-state index is -3.14. The van der Waals surface area contributed by atoms with E-state index in [1.807, 2.05) is 18.2 Å². The number of carbonyl (C=O) groups is 1. The van der Waals surface area contributed by atoms with E-state index in [4.69, 9.17) is 0 Å². The summed E-state index contributed by atoms with van der Waals surface area (Å²) in [7, 11) is -3.14. The van der Waals surface area contributed by atoms with Gasteiger partial charge in [0.05, 0.1) is 5.25 Å². The molecule has 1 aromatic rings. The van der Waals surface area contributed by atoms with Crippen molar-refractivity contribution in [3.05, 3.63) is 29.8 Å². The lowest BCUT2D eigenvalue weighted by Gasteiger charge is -2.10. The van der Waals surface area contributed by atoms with E-state index in [9.17, 15) is 13.2 Å². The molecule has 1 rings (SSSR count). The fourth-order valence-corrected chi connectivity index (χ4v) is 2.65. The Hall–Kier alpha value is -1.40.